The van der Waals surface area contributed by atoms with Crippen molar-refractivity contribution in [2.75, 3.05) is 33.4 Å². The quantitative estimate of drug-likeness (QED) is 0.844. The van der Waals surface area contributed by atoms with Gasteiger partial charge in [0.2, 0.25) is 5.91 Å². The van der Waals surface area contributed by atoms with Gasteiger partial charge in [-0.3, -0.25) is 9.69 Å². The first-order chi connectivity index (χ1) is 11.6. The molecule has 0 radical (unpaired) electrons. The fourth-order valence-electron chi connectivity index (χ4n) is 3.94. The number of nitrogens with zero attached hydrogens (tertiary/aromatic N) is 3. The standard InChI is InChI=1S/C18H29N3O3/c1-13-17(14(2)24-19-13)12-20(3)18(22)15-5-4-8-21(11-15)16-6-9-23-10-7-16/h15-16H,4-12H2,1-3H3/t15-/m1/s1. The third-order valence-corrected chi connectivity index (χ3v) is 5.46. The van der Waals surface area contributed by atoms with Gasteiger partial charge in [-0.2, -0.15) is 0 Å². The summed E-state index contributed by atoms with van der Waals surface area (Å²) in [7, 11) is 1.89. The number of carbonyl (C=O) groups excluding carboxylic acids is 1. The Morgan fingerprint density at radius 3 is 2.71 bits per heavy atom. The van der Waals surface area contributed by atoms with Crippen molar-refractivity contribution >= 4 is 5.91 Å². The number of hydrogen-bond donors (Lipinski definition) is 0. The maximum absolute atomic E-state index is 12.9. The van der Waals surface area contributed by atoms with E-state index in [-0.39, 0.29) is 11.8 Å². The van der Waals surface area contributed by atoms with Crippen molar-refractivity contribution in [1.82, 2.24) is 15.0 Å². The summed E-state index contributed by atoms with van der Waals surface area (Å²) >= 11 is 0. The van der Waals surface area contributed by atoms with E-state index in [0.717, 1.165) is 69.0 Å². The SMILES string of the molecule is Cc1noc(C)c1CN(C)C(=O)[C@@H]1CCCN(C2CCOCC2)C1. The molecular weight excluding hydrogens is 306 g/mol. The number of amides is 1. The zero-order chi connectivity index (χ0) is 17.1. The van der Waals surface area contributed by atoms with E-state index in [9.17, 15) is 4.79 Å². The predicted molar refractivity (Wildman–Crippen MR) is 90.6 cm³/mol. The zero-order valence-electron chi connectivity index (χ0n) is 15.1. The summed E-state index contributed by atoms with van der Waals surface area (Å²) in [6, 6.07) is 0.585. The number of rotatable bonds is 4. The summed E-state index contributed by atoms with van der Waals surface area (Å²) in [5.41, 5.74) is 1.91. The van der Waals surface area contributed by atoms with E-state index in [1.807, 2.05) is 25.8 Å². The van der Waals surface area contributed by atoms with Crippen LogP contribution in [0.5, 0.6) is 0 Å². The molecule has 2 saturated heterocycles. The molecule has 1 amide bonds. The lowest BCUT2D eigenvalue weighted by Crippen LogP contribution is -2.48. The van der Waals surface area contributed by atoms with Gasteiger partial charge in [-0.15, -0.1) is 0 Å². The molecular formula is C18H29N3O3. The lowest BCUT2D eigenvalue weighted by molar-refractivity contribution is -0.137. The first-order valence-electron chi connectivity index (χ1n) is 9.04. The first kappa shape index (κ1) is 17.4. The molecule has 1 atom stereocenters. The minimum Gasteiger partial charge on any atom is -0.381 e. The molecule has 6 nitrogen and oxygen atoms in total. The van der Waals surface area contributed by atoms with Gasteiger partial charge in [0.1, 0.15) is 5.76 Å². The molecule has 2 aliphatic rings. The molecule has 0 saturated carbocycles. The van der Waals surface area contributed by atoms with E-state index in [2.05, 4.69) is 10.1 Å². The average Bonchev–Trinajstić information content (AvgIpc) is 2.94. The minimum absolute atomic E-state index is 0.104. The maximum Gasteiger partial charge on any atom is 0.227 e. The van der Waals surface area contributed by atoms with Crippen LogP contribution in [0.15, 0.2) is 4.52 Å². The van der Waals surface area contributed by atoms with Crippen LogP contribution in [0.1, 0.15) is 42.7 Å². The summed E-state index contributed by atoms with van der Waals surface area (Å²) in [6.07, 6.45) is 4.28. The van der Waals surface area contributed by atoms with Crippen molar-refractivity contribution < 1.29 is 14.1 Å². The normalized spacial score (nSPS) is 23.4. The van der Waals surface area contributed by atoms with Crippen molar-refractivity contribution in [3.8, 4) is 0 Å². The van der Waals surface area contributed by atoms with Crippen LogP contribution in [-0.4, -0.2) is 60.3 Å². The molecule has 0 N–H and O–H groups in total. The van der Waals surface area contributed by atoms with Crippen LogP contribution in [0.25, 0.3) is 0 Å². The zero-order valence-corrected chi connectivity index (χ0v) is 15.1. The van der Waals surface area contributed by atoms with Gasteiger partial charge in [0.15, 0.2) is 0 Å². The fourth-order valence-corrected chi connectivity index (χ4v) is 3.94. The summed E-state index contributed by atoms with van der Waals surface area (Å²) in [5.74, 6) is 1.15. The Morgan fingerprint density at radius 2 is 2.04 bits per heavy atom. The highest BCUT2D eigenvalue weighted by Crippen LogP contribution is 2.25. The molecule has 0 bridgehead atoms. The minimum atomic E-state index is 0.104. The Bertz CT molecular complexity index is 546. The Hall–Kier alpha value is -1.40. The van der Waals surface area contributed by atoms with Crippen LogP contribution in [0, 0.1) is 19.8 Å². The van der Waals surface area contributed by atoms with Crippen molar-refractivity contribution in [2.45, 2.75) is 52.1 Å². The van der Waals surface area contributed by atoms with E-state index in [1.54, 1.807) is 0 Å². The lowest BCUT2D eigenvalue weighted by atomic mass is 9.93. The molecule has 3 rings (SSSR count). The number of hydrogen-bond acceptors (Lipinski definition) is 5. The molecule has 0 spiro atoms. The van der Waals surface area contributed by atoms with Crippen LogP contribution in [0.4, 0.5) is 0 Å². The third kappa shape index (κ3) is 3.81. The molecule has 0 unspecified atom stereocenters. The highest BCUT2D eigenvalue weighted by Gasteiger charge is 2.32. The van der Waals surface area contributed by atoms with Gasteiger partial charge in [0.25, 0.3) is 0 Å². The van der Waals surface area contributed by atoms with Crippen LogP contribution in [0.3, 0.4) is 0 Å². The molecule has 3 heterocycles. The van der Waals surface area contributed by atoms with Crippen LogP contribution >= 0.6 is 0 Å². The maximum atomic E-state index is 12.9. The van der Waals surface area contributed by atoms with Gasteiger partial charge in [-0.1, -0.05) is 5.16 Å². The predicted octanol–water partition coefficient (Wildman–Crippen LogP) is 2.14. The molecule has 6 heteroatoms. The Labute approximate surface area is 144 Å². The second kappa shape index (κ2) is 7.66. The summed E-state index contributed by atoms with van der Waals surface area (Å²) in [4.78, 5) is 17.2. The molecule has 2 fully saturated rings. The van der Waals surface area contributed by atoms with Crippen molar-refractivity contribution in [3.63, 3.8) is 0 Å². The topological polar surface area (TPSA) is 58.8 Å². The van der Waals surface area contributed by atoms with Crippen molar-refractivity contribution in [3.05, 3.63) is 17.0 Å². The first-order valence-corrected chi connectivity index (χ1v) is 9.04. The van der Waals surface area contributed by atoms with Crippen LogP contribution in [0.2, 0.25) is 0 Å². The van der Waals surface area contributed by atoms with E-state index < -0.39 is 0 Å². The van der Waals surface area contributed by atoms with Crippen LogP contribution < -0.4 is 0 Å². The summed E-state index contributed by atoms with van der Waals surface area (Å²) in [5, 5.41) is 3.98. The molecule has 1 aromatic heterocycles. The molecule has 24 heavy (non-hydrogen) atoms. The van der Waals surface area contributed by atoms with Crippen molar-refractivity contribution in [2.24, 2.45) is 5.92 Å². The van der Waals surface area contributed by atoms with E-state index in [1.165, 1.54) is 0 Å². The number of ether oxygens (including phenoxy) is 1. The lowest BCUT2D eigenvalue weighted by Gasteiger charge is -2.40. The van der Waals surface area contributed by atoms with E-state index in [4.69, 9.17) is 9.26 Å². The number of aromatic nitrogens is 1. The van der Waals surface area contributed by atoms with Crippen LogP contribution in [-0.2, 0) is 16.1 Å². The Balaban J connectivity index is 1.59. The van der Waals surface area contributed by atoms with E-state index >= 15 is 0 Å². The largest absolute Gasteiger partial charge is 0.381 e. The Kier molecular flexibility index (Phi) is 5.56. The van der Waals surface area contributed by atoms with Gasteiger partial charge < -0.3 is 14.2 Å². The smallest absolute Gasteiger partial charge is 0.227 e. The molecule has 2 aliphatic heterocycles. The van der Waals surface area contributed by atoms with Gasteiger partial charge in [-0.25, -0.2) is 0 Å². The highest BCUT2D eigenvalue weighted by atomic mass is 16.5. The van der Waals surface area contributed by atoms with E-state index in [0.29, 0.717) is 12.6 Å². The van der Waals surface area contributed by atoms with Crippen molar-refractivity contribution in [1.29, 1.82) is 0 Å². The third-order valence-electron chi connectivity index (χ3n) is 5.46. The van der Waals surface area contributed by atoms with Gasteiger partial charge in [0.05, 0.1) is 18.2 Å². The molecule has 1 aromatic rings. The van der Waals surface area contributed by atoms with Gasteiger partial charge in [0, 0.05) is 38.4 Å². The Morgan fingerprint density at radius 1 is 1.29 bits per heavy atom. The van der Waals surface area contributed by atoms with Gasteiger partial charge >= 0.3 is 0 Å². The summed E-state index contributed by atoms with van der Waals surface area (Å²) < 4.78 is 10.7. The number of piperidine rings is 1. The number of carbonyl (C=O) groups is 1. The second-order valence-electron chi connectivity index (χ2n) is 7.17. The number of aryl methyl sites for hydroxylation is 2. The fraction of sp³-hybridized carbons (Fsp3) is 0.778. The monoisotopic (exact) mass is 335 g/mol. The van der Waals surface area contributed by atoms with Gasteiger partial charge in [-0.05, 0) is 46.1 Å². The summed E-state index contributed by atoms with van der Waals surface area (Å²) in [6.45, 7) is 8.11. The highest BCUT2D eigenvalue weighted by molar-refractivity contribution is 5.79. The number of likely N-dealkylation sites (tertiary alicyclic amines) is 1. The second-order valence-corrected chi connectivity index (χ2v) is 7.17. The molecule has 0 aromatic carbocycles. The molecule has 134 valence electrons. The molecule has 0 aliphatic carbocycles. The average molecular weight is 335 g/mol.